The highest BCUT2D eigenvalue weighted by molar-refractivity contribution is 7.12. The molecule has 0 atom stereocenters. The van der Waals surface area contributed by atoms with Crippen LogP contribution < -0.4 is 10.2 Å². The molecule has 0 saturated carbocycles. The van der Waals surface area contributed by atoms with Gasteiger partial charge in [0.1, 0.15) is 0 Å². The number of hydrogen-bond acceptors (Lipinski definition) is 6. The number of amides is 2. The predicted octanol–water partition coefficient (Wildman–Crippen LogP) is 3.00. The summed E-state index contributed by atoms with van der Waals surface area (Å²) in [6.45, 7) is 3.79. The topological polar surface area (TPSA) is 127 Å². The van der Waals surface area contributed by atoms with Crippen molar-refractivity contribution in [3.05, 3.63) is 46.2 Å². The van der Waals surface area contributed by atoms with Crippen LogP contribution in [0.2, 0.25) is 0 Å². The van der Waals surface area contributed by atoms with E-state index in [9.17, 15) is 32.7 Å². The molecule has 1 aliphatic rings. The normalized spacial score (nSPS) is 13.6. The lowest BCUT2D eigenvalue weighted by atomic mass is 10.1. The molecule has 2 heterocycles. The predicted molar refractivity (Wildman–Crippen MR) is 114 cm³/mol. The number of halogens is 3. The molecule has 1 saturated heterocycles. The molecule has 3 N–H and O–H groups in total. The van der Waals surface area contributed by atoms with Gasteiger partial charge >= 0.3 is 18.1 Å². The van der Waals surface area contributed by atoms with Gasteiger partial charge in [0.15, 0.2) is 0 Å². The lowest BCUT2D eigenvalue weighted by molar-refractivity contribution is -0.192. The van der Waals surface area contributed by atoms with E-state index in [2.05, 4.69) is 5.32 Å². The molecule has 2 amide bonds. The van der Waals surface area contributed by atoms with Crippen LogP contribution in [0, 0.1) is 0 Å². The fraction of sp³-hybridized carbons (Fsp3) is 0.300. The summed E-state index contributed by atoms with van der Waals surface area (Å²) in [5.74, 6) is -4.05. The molecule has 3 rings (SSSR count). The van der Waals surface area contributed by atoms with Crippen molar-refractivity contribution in [3.8, 4) is 0 Å². The van der Waals surface area contributed by atoms with Gasteiger partial charge in [-0.1, -0.05) is 6.07 Å². The number of carbonyl (C=O) groups is 4. The molecule has 0 radical (unpaired) electrons. The molecule has 33 heavy (non-hydrogen) atoms. The summed E-state index contributed by atoms with van der Waals surface area (Å²) in [6, 6.07) is 8.37. The second-order valence-electron chi connectivity index (χ2n) is 6.76. The van der Waals surface area contributed by atoms with Crippen LogP contribution in [-0.2, 0) is 9.59 Å². The molecule has 1 aliphatic heterocycles. The van der Waals surface area contributed by atoms with Gasteiger partial charge in [-0.3, -0.25) is 9.59 Å². The zero-order chi connectivity index (χ0) is 24.8. The number of piperazine rings is 1. The highest BCUT2D eigenvalue weighted by atomic mass is 32.1. The van der Waals surface area contributed by atoms with Crippen molar-refractivity contribution in [2.75, 3.05) is 36.4 Å². The van der Waals surface area contributed by atoms with E-state index < -0.39 is 18.1 Å². The van der Waals surface area contributed by atoms with Crippen LogP contribution in [0.3, 0.4) is 0 Å². The lowest BCUT2D eigenvalue weighted by Gasteiger charge is -2.36. The zero-order valence-corrected chi connectivity index (χ0v) is 18.1. The second-order valence-corrected chi connectivity index (χ2v) is 7.71. The Balaban J connectivity index is 0.000000479. The van der Waals surface area contributed by atoms with Gasteiger partial charge in [-0.2, -0.15) is 13.2 Å². The van der Waals surface area contributed by atoms with Crippen LogP contribution in [0.1, 0.15) is 27.0 Å². The van der Waals surface area contributed by atoms with Crippen molar-refractivity contribution in [1.29, 1.82) is 0 Å². The maximum Gasteiger partial charge on any atom is 0.490 e. The van der Waals surface area contributed by atoms with Crippen LogP contribution in [0.4, 0.5) is 24.5 Å². The number of alkyl halides is 3. The number of anilines is 2. The monoisotopic (exact) mass is 487 g/mol. The second kappa shape index (κ2) is 10.8. The molecule has 0 spiro atoms. The smallest absolute Gasteiger partial charge is 0.478 e. The minimum Gasteiger partial charge on any atom is -0.478 e. The standard InChI is InChI=1S/C18H19N3O4S.C2HF3O2/c1-12(22)20-6-8-21(9-7-20)15-5-4-13(11-14(15)18(24)25)19-17(23)16-3-2-10-26-16;3-2(4,5)1(6)7/h2-5,10-11H,6-9H2,1H3,(H,19,23)(H,24,25);(H,6,7). The van der Waals surface area contributed by atoms with Crippen molar-refractivity contribution in [3.63, 3.8) is 0 Å². The van der Waals surface area contributed by atoms with Gasteiger partial charge in [0.2, 0.25) is 5.91 Å². The number of thiophene rings is 1. The number of carboxylic acids is 2. The maximum absolute atomic E-state index is 12.1. The van der Waals surface area contributed by atoms with Crippen molar-refractivity contribution in [2.24, 2.45) is 0 Å². The Hall–Kier alpha value is -3.61. The van der Waals surface area contributed by atoms with E-state index in [0.29, 0.717) is 42.4 Å². The lowest BCUT2D eigenvalue weighted by Crippen LogP contribution is -2.48. The van der Waals surface area contributed by atoms with Gasteiger partial charge in [-0.15, -0.1) is 11.3 Å². The SMILES string of the molecule is CC(=O)N1CCN(c2ccc(NC(=O)c3cccs3)cc2C(=O)O)CC1.O=C(O)C(F)(F)F. The molecule has 1 aromatic heterocycles. The molecule has 13 heteroatoms. The van der Waals surface area contributed by atoms with Crippen LogP contribution >= 0.6 is 11.3 Å². The van der Waals surface area contributed by atoms with E-state index in [1.807, 2.05) is 4.90 Å². The van der Waals surface area contributed by atoms with E-state index >= 15 is 0 Å². The fourth-order valence-electron chi connectivity index (χ4n) is 2.92. The summed E-state index contributed by atoms with van der Waals surface area (Å²) in [7, 11) is 0. The Kier molecular flexibility index (Phi) is 8.40. The third kappa shape index (κ3) is 7.20. The van der Waals surface area contributed by atoms with E-state index in [1.54, 1.807) is 34.5 Å². The molecule has 178 valence electrons. The molecule has 1 fully saturated rings. The summed E-state index contributed by atoms with van der Waals surface area (Å²) < 4.78 is 31.7. The number of aromatic carboxylic acids is 1. The van der Waals surface area contributed by atoms with Gasteiger partial charge < -0.3 is 25.3 Å². The number of benzene rings is 1. The van der Waals surface area contributed by atoms with E-state index in [1.165, 1.54) is 24.3 Å². The minimum atomic E-state index is -5.08. The quantitative estimate of drug-likeness (QED) is 0.605. The molecule has 1 aromatic carbocycles. The third-order valence-electron chi connectivity index (χ3n) is 4.54. The Labute approximate surface area is 190 Å². The molecule has 0 aliphatic carbocycles. The Bertz CT molecular complexity index is 1020. The summed E-state index contributed by atoms with van der Waals surface area (Å²) in [5, 5.41) is 21.2. The average molecular weight is 487 g/mol. The molecule has 0 unspecified atom stereocenters. The number of hydrogen-bond donors (Lipinski definition) is 3. The number of nitrogens with one attached hydrogen (secondary N) is 1. The van der Waals surface area contributed by atoms with Gasteiger partial charge in [0.05, 0.1) is 16.1 Å². The summed E-state index contributed by atoms with van der Waals surface area (Å²) in [5.41, 5.74) is 1.16. The van der Waals surface area contributed by atoms with Gasteiger partial charge in [-0.05, 0) is 29.6 Å². The number of aliphatic carboxylic acids is 1. The van der Waals surface area contributed by atoms with E-state index in [-0.39, 0.29) is 17.4 Å². The number of carboxylic acid groups (broad SMARTS) is 2. The minimum absolute atomic E-state index is 0.0229. The van der Waals surface area contributed by atoms with E-state index in [0.717, 1.165) is 0 Å². The van der Waals surface area contributed by atoms with Crippen molar-refractivity contribution in [2.45, 2.75) is 13.1 Å². The number of nitrogens with zero attached hydrogens (tertiary/aromatic N) is 2. The van der Waals surface area contributed by atoms with Crippen LogP contribution in [0.25, 0.3) is 0 Å². The summed E-state index contributed by atoms with van der Waals surface area (Å²) in [6.07, 6.45) is -5.08. The number of carbonyl (C=O) groups excluding carboxylic acids is 2. The molecule has 0 bridgehead atoms. The van der Waals surface area contributed by atoms with E-state index in [4.69, 9.17) is 9.90 Å². The average Bonchev–Trinajstić information content (AvgIpc) is 3.28. The molecule has 9 nitrogen and oxygen atoms in total. The summed E-state index contributed by atoms with van der Waals surface area (Å²) >= 11 is 1.32. The maximum atomic E-state index is 12.1. The van der Waals surface area contributed by atoms with Gasteiger partial charge in [0, 0.05) is 38.8 Å². The van der Waals surface area contributed by atoms with Crippen LogP contribution in [0.15, 0.2) is 35.7 Å². The Morgan fingerprint density at radius 2 is 1.64 bits per heavy atom. The van der Waals surface area contributed by atoms with Gasteiger partial charge in [-0.25, -0.2) is 9.59 Å². The van der Waals surface area contributed by atoms with Crippen molar-refractivity contribution < 1.29 is 42.6 Å². The fourth-order valence-corrected chi connectivity index (χ4v) is 3.54. The molecule has 2 aromatic rings. The number of rotatable bonds is 4. The Morgan fingerprint density at radius 3 is 2.09 bits per heavy atom. The van der Waals surface area contributed by atoms with Gasteiger partial charge in [0.25, 0.3) is 5.91 Å². The highest BCUT2D eigenvalue weighted by Gasteiger charge is 2.38. The molecular formula is C20H20F3N3O6S. The first-order chi connectivity index (χ1) is 15.4. The Morgan fingerprint density at radius 1 is 1.03 bits per heavy atom. The first kappa shape index (κ1) is 25.6. The van der Waals surface area contributed by atoms with Crippen molar-refractivity contribution in [1.82, 2.24) is 4.90 Å². The van der Waals surface area contributed by atoms with Crippen LogP contribution in [-0.4, -0.2) is 71.2 Å². The summed E-state index contributed by atoms with van der Waals surface area (Å²) in [4.78, 5) is 48.4. The zero-order valence-electron chi connectivity index (χ0n) is 17.3. The first-order valence-corrected chi connectivity index (χ1v) is 10.3. The third-order valence-corrected chi connectivity index (χ3v) is 5.41. The highest BCUT2D eigenvalue weighted by Crippen LogP contribution is 2.26. The van der Waals surface area contributed by atoms with Crippen molar-refractivity contribution >= 4 is 46.5 Å². The van der Waals surface area contributed by atoms with Crippen LogP contribution in [0.5, 0.6) is 0 Å². The molecular weight excluding hydrogens is 467 g/mol. The largest absolute Gasteiger partial charge is 0.490 e. The first-order valence-electron chi connectivity index (χ1n) is 9.43.